The lowest BCUT2D eigenvalue weighted by atomic mass is 10.1. The number of halogens is 1. The van der Waals surface area contributed by atoms with E-state index in [0.717, 1.165) is 35.6 Å². The van der Waals surface area contributed by atoms with Gasteiger partial charge in [0, 0.05) is 11.0 Å². The van der Waals surface area contributed by atoms with Gasteiger partial charge >= 0.3 is 0 Å². The Hall–Kier alpha value is -1.77. The summed E-state index contributed by atoms with van der Waals surface area (Å²) in [6.45, 7) is 2.92. The van der Waals surface area contributed by atoms with E-state index in [-0.39, 0.29) is 6.04 Å². The molecule has 1 N–H and O–H groups in total. The van der Waals surface area contributed by atoms with Crippen LogP contribution in [0.1, 0.15) is 36.6 Å². The van der Waals surface area contributed by atoms with Crippen molar-refractivity contribution in [2.75, 3.05) is 25.0 Å². The van der Waals surface area contributed by atoms with Gasteiger partial charge in [-0.05, 0) is 56.3 Å². The Labute approximate surface area is 145 Å². The molecule has 3 rings (SSSR count). The average Bonchev–Trinajstić information content (AvgIpc) is 3.11. The van der Waals surface area contributed by atoms with Crippen LogP contribution in [0.5, 0.6) is 0 Å². The number of nitrogens with one attached hydrogen (secondary N) is 1. The third kappa shape index (κ3) is 3.95. The van der Waals surface area contributed by atoms with Crippen molar-refractivity contribution in [1.82, 2.24) is 4.90 Å². The molecule has 2 aromatic rings. The first-order chi connectivity index (χ1) is 11.3. The van der Waals surface area contributed by atoms with Gasteiger partial charge in [-0.2, -0.15) is 5.26 Å². The van der Waals surface area contributed by atoms with Crippen molar-refractivity contribution < 1.29 is 4.42 Å². The Morgan fingerprint density at radius 2 is 2.09 bits per heavy atom. The van der Waals surface area contributed by atoms with Crippen LogP contribution in [-0.4, -0.2) is 24.5 Å². The second-order valence-electron chi connectivity index (χ2n) is 5.81. The topological polar surface area (TPSA) is 52.2 Å². The van der Waals surface area contributed by atoms with Gasteiger partial charge in [0.25, 0.3) is 0 Å². The van der Waals surface area contributed by atoms with E-state index in [1.54, 1.807) is 6.26 Å². The minimum Gasteiger partial charge on any atom is -0.468 e. The van der Waals surface area contributed by atoms with Crippen molar-refractivity contribution in [3.05, 3.63) is 52.4 Å². The Kier molecular flexibility index (Phi) is 5.37. The van der Waals surface area contributed by atoms with Gasteiger partial charge < -0.3 is 9.73 Å². The van der Waals surface area contributed by atoms with E-state index in [2.05, 4.69) is 32.2 Å². The van der Waals surface area contributed by atoms with Gasteiger partial charge in [-0.3, -0.25) is 4.90 Å². The molecule has 1 aliphatic rings. The molecule has 1 atom stereocenters. The summed E-state index contributed by atoms with van der Waals surface area (Å²) in [5, 5.41) is 12.7. The van der Waals surface area contributed by atoms with Crippen LogP contribution in [-0.2, 0) is 0 Å². The van der Waals surface area contributed by atoms with Crippen LogP contribution in [0.2, 0.25) is 0 Å². The minimum atomic E-state index is 0.195. The zero-order chi connectivity index (χ0) is 16.1. The van der Waals surface area contributed by atoms with Crippen LogP contribution < -0.4 is 5.32 Å². The second-order valence-corrected chi connectivity index (χ2v) is 6.73. The Balaban J connectivity index is 1.75. The SMILES string of the molecule is N#Cc1cc(Br)ccc1NC[C@@H](c1ccco1)N1CCCCC1. The Morgan fingerprint density at radius 3 is 2.78 bits per heavy atom. The largest absolute Gasteiger partial charge is 0.468 e. The monoisotopic (exact) mass is 373 g/mol. The van der Waals surface area contributed by atoms with Crippen molar-refractivity contribution in [1.29, 1.82) is 5.26 Å². The molecule has 1 aromatic carbocycles. The first-order valence-electron chi connectivity index (χ1n) is 7.99. The third-order valence-corrected chi connectivity index (χ3v) is 4.78. The number of hydrogen-bond donors (Lipinski definition) is 1. The molecule has 0 unspecified atom stereocenters. The fourth-order valence-electron chi connectivity index (χ4n) is 3.09. The highest BCUT2D eigenvalue weighted by Gasteiger charge is 2.24. The number of hydrogen-bond acceptors (Lipinski definition) is 4. The van der Waals surface area contributed by atoms with Crippen LogP contribution in [0.3, 0.4) is 0 Å². The van der Waals surface area contributed by atoms with Gasteiger partial charge in [0.15, 0.2) is 0 Å². The fraction of sp³-hybridized carbons (Fsp3) is 0.389. The predicted molar refractivity (Wildman–Crippen MR) is 94.2 cm³/mol. The number of piperidine rings is 1. The number of anilines is 1. The quantitative estimate of drug-likeness (QED) is 0.834. The van der Waals surface area contributed by atoms with Crippen molar-refractivity contribution in [3.63, 3.8) is 0 Å². The average molecular weight is 374 g/mol. The Bertz CT molecular complexity index is 672. The maximum Gasteiger partial charge on any atom is 0.122 e. The molecule has 120 valence electrons. The highest BCUT2D eigenvalue weighted by atomic mass is 79.9. The minimum absolute atomic E-state index is 0.195. The molecular formula is C18H20BrN3O. The lowest BCUT2D eigenvalue weighted by Gasteiger charge is -2.33. The molecule has 0 saturated carbocycles. The molecule has 0 spiro atoms. The van der Waals surface area contributed by atoms with Gasteiger partial charge in [0.05, 0.1) is 23.6 Å². The van der Waals surface area contributed by atoms with E-state index < -0.39 is 0 Å². The smallest absolute Gasteiger partial charge is 0.122 e. The predicted octanol–water partition coefficient (Wildman–Crippen LogP) is 4.55. The van der Waals surface area contributed by atoms with E-state index >= 15 is 0 Å². The van der Waals surface area contributed by atoms with Crippen LogP contribution >= 0.6 is 15.9 Å². The van der Waals surface area contributed by atoms with Crippen molar-refractivity contribution in [2.24, 2.45) is 0 Å². The molecular weight excluding hydrogens is 354 g/mol. The first-order valence-corrected chi connectivity index (χ1v) is 8.78. The molecule has 0 bridgehead atoms. The summed E-state index contributed by atoms with van der Waals surface area (Å²) in [5.74, 6) is 0.981. The van der Waals surface area contributed by atoms with Crippen molar-refractivity contribution in [3.8, 4) is 6.07 Å². The lowest BCUT2D eigenvalue weighted by molar-refractivity contribution is 0.153. The zero-order valence-electron chi connectivity index (χ0n) is 13.0. The van der Waals surface area contributed by atoms with E-state index in [1.165, 1.54) is 19.3 Å². The molecule has 4 nitrogen and oxygen atoms in total. The first kappa shape index (κ1) is 16.1. The number of nitrogens with zero attached hydrogens (tertiary/aromatic N) is 2. The van der Waals surface area contributed by atoms with E-state index in [1.807, 2.05) is 30.3 Å². The maximum absolute atomic E-state index is 9.30. The molecule has 5 heteroatoms. The summed E-state index contributed by atoms with van der Waals surface area (Å²) in [6.07, 6.45) is 5.50. The second kappa shape index (κ2) is 7.67. The van der Waals surface area contributed by atoms with Crippen molar-refractivity contribution in [2.45, 2.75) is 25.3 Å². The molecule has 0 amide bonds. The molecule has 1 aromatic heterocycles. The van der Waals surface area contributed by atoms with Gasteiger partial charge in [-0.1, -0.05) is 22.4 Å². The normalized spacial score (nSPS) is 16.7. The van der Waals surface area contributed by atoms with Crippen LogP contribution in [0.4, 0.5) is 5.69 Å². The van der Waals surface area contributed by atoms with E-state index in [9.17, 15) is 5.26 Å². The summed E-state index contributed by atoms with van der Waals surface area (Å²) in [7, 11) is 0. The molecule has 1 aliphatic heterocycles. The maximum atomic E-state index is 9.30. The van der Waals surface area contributed by atoms with Crippen LogP contribution in [0, 0.1) is 11.3 Å². The number of benzene rings is 1. The summed E-state index contributed by atoms with van der Waals surface area (Å²) >= 11 is 3.41. The number of nitriles is 1. The molecule has 0 radical (unpaired) electrons. The molecule has 0 aliphatic carbocycles. The summed E-state index contributed by atoms with van der Waals surface area (Å²) in [4.78, 5) is 2.47. The number of rotatable bonds is 5. The number of likely N-dealkylation sites (tertiary alicyclic amines) is 1. The fourth-order valence-corrected chi connectivity index (χ4v) is 3.45. The summed E-state index contributed by atoms with van der Waals surface area (Å²) < 4.78 is 6.57. The van der Waals surface area contributed by atoms with Gasteiger partial charge in [0.2, 0.25) is 0 Å². The molecule has 23 heavy (non-hydrogen) atoms. The molecule has 2 heterocycles. The van der Waals surface area contributed by atoms with E-state index in [4.69, 9.17) is 4.42 Å². The van der Waals surface area contributed by atoms with Gasteiger partial charge in [0.1, 0.15) is 11.8 Å². The Morgan fingerprint density at radius 1 is 1.26 bits per heavy atom. The summed E-state index contributed by atoms with van der Waals surface area (Å²) in [5.41, 5.74) is 1.51. The van der Waals surface area contributed by atoms with Crippen molar-refractivity contribution >= 4 is 21.6 Å². The highest BCUT2D eigenvalue weighted by molar-refractivity contribution is 9.10. The van der Waals surface area contributed by atoms with Crippen LogP contribution in [0.25, 0.3) is 0 Å². The molecule has 1 saturated heterocycles. The van der Waals surface area contributed by atoms with Gasteiger partial charge in [-0.15, -0.1) is 0 Å². The lowest BCUT2D eigenvalue weighted by Crippen LogP contribution is -2.37. The number of furan rings is 1. The standard InChI is InChI=1S/C18H20BrN3O/c19-15-6-7-16(14(11-15)12-20)21-13-17(18-5-4-10-23-18)22-8-2-1-3-9-22/h4-7,10-11,17,21H,1-3,8-9,13H2/t17-/m0/s1. The highest BCUT2D eigenvalue weighted by Crippen LogP contribution is 2.27. The third-order valence-electron chi connectivity index (χ3n) is 4.29. The van der Waals surface area contributed by atoms with E-state index in [0.29, 0.717) is 5.56 Å². The van der Waals surface area contributed by atoms with Gasteiger partial charge in [-0.25, -0.2) is 0 Å². The summed E-state index contributed by atoms with van der Waals surface area (Å²) in [6, 6.07) is 12.1. The molecule has 1 fully saturated rings. The van der Waals surface area contributed by atoms with Crippen LogP contribution in [0.15, 0.2) is 45.5 Å². The zero-order valence-corrected chi connectivity index (χ0v) is 14.6.